The lowest BCUT2D eigenvalue weighted by atomic mass is 10.0. The van der Waals surface area contributed by atoms with Gasteiger partial charge in [-0.1, -0.05) is 46.3 Å². The zero-order valence-corrected chi connectivity index (χ0v) is 11.4. The first-order valence-electron chi connectivity index (χ1n) is 5.97. The van der Waals surface area contributed by atoms with E-state index >= 15 is 0 Å². The van der Waals surface area contributed by atoms with E-state index in [9.17, 15) is 0 Å². The first kappa shape index (κ1) is 11.5. The fourth-order valence-corrected chi connectivity index (χ4v) is 2.47. The van der Waals surface area contributed by atoms with Crippen LogP contribution in [0, 0.1) is 0 Å². The van der Waals surface area contributed by atoms with Crippen LogP contribution < -0.4 is 5.01 Å². The van der Waals surface area contributed by atoms with E-state index in [-0.39, 0.29) is 0 Å². The van der Waals surface area contributed by atoms with Gasteiger partial charge in [0.25, 0.3) is 0 Å². The third-order valence-electron chi connectivity index (χ3n) is 3.11. The maximum atomic E-state index is 4.49. The summed E-state index contributed by atoms with van der Waals surface area (Å²) in [6.45, 7) is 0. The zero-order valence-electron chi connectivity index (χ0n) is 9.83. The monoisotopic (exact) mass is 300 g/mol. The second kappa shape index (κ2) is 4.94. The van der Waals surface area contributed by atoms with Crippen molar-refractivity contribution in [3.8, 4) is 0 Å². The van der Waals surface area contributed by atoms with E-state index in [2.05, 4.69) is 62.4 Å². The molecule has 0 saturated carbocycles. The molecule has 0 N–H and O–H groups in total. The Balaban J connectivity index is 1.91. The molecule has 1 aliphatic heterocycles. The van der Waals surface area contributed by atoms with Gasteiger partial charge in [-0.15, -0.1) is 0 Å². The minimum Gasteiger partial charge on any atom is -0.258 e. The summed E-state index contributed by atoms with van der Waals surface area (Å²) in [7, 11) is 0. The number of hydrogen-bond acceptors (Lipinski definition) is 2. The molecule has 0 aromatic heterocycles. The second-order valence-corrected chi connectivity index (χ2v) is 5.20. The maximum Gasteiger partial charge on any atom is 0.0825 e. The average molecular weight is 301 g/mol. The van der Waals surface area contributed by atoms with Crippen LogP contribution in [0.1, 0.15) is 18.0 Å². The third-order valence-corrected chi connectivity index (χ3v) is 3.63. The van der Waals surface area contributed by atoms with Crippen molar-refractivity contribution in [2.75, 3.05) is 5.01 Å². The quantitative estimate of drug-likeness (QED) is 0.803. The van der Waals surface area contributed by atoms with E-state index in [1.807, 2.05) is 24.4 Å². The van der Waals surface area contributed by atoms with Gasteiger partial charge >= 0.3 is 0 Å². The summed E-state index contributed by atoms with van der Waals surface area (Å²) in [6, 6.07) is 19.1. The number of hydrogen-bond donors (Lipinski definition) is 0. The molecule has 1 heterocycles. The molecule has 2 nitrogen and oxygen atoms in total. The number of hydrazone groups is 1. The highest BCUT2D eigenvalue weighted by atomic mass is 79.9. The molecule has 0 aliphatic carbocycles. The first-order valence-corrected chi connectivity index (χ1v) is 6.76. The molecule has 0 unspecified atom stereocenters. The summed E-state index contributed by atoms with van der Waals surface area (Å²) < 4.78 is 1.09. The van der Waals surface area contributed by atoms with Gasteiger partial charge in [-0.25, -0.2) is 0 Å². The molecule has 0 amide bonds. The Morgan fingerprint density at radius 3 is 2.44 bits per heavy atom. The lowest BCUT2D eigenvalue weighted by Crippen LogP contribution is -2.18. The highest BCUT2D eigenvalue weighted by molar-refractivity contribution is 9.10. The van der Waals surface area contributed by atoms with E-state index in [4.69, 9.17) is 0 Å². The highest BCUT2D eigenvalue weighted by Gasteiger charge is 2.23. The summed E-state index contributed by atoms with van der Waals surface area (Å²) in [4.78, 5) is 0. The van der Waals surface area contributed by atoms with Crippen LogP contribution in [0.2, 0.25) is 0 Å². The molecule has 18 heavy (non-hydrogen) atoms. The van der Waals surface area contributed by atoms with Crippen molar-refractivity contribution >= 4 is 27.8 Å². The second-order valence-electron chi connectivity index (χ2n) is 4.28. The first-order chi connectivity index (χ1) is 8.84. The van der Waals surface area contributed by atoms with Gasteiger partial charge in [-0.05, 0) is 29.8 Å². The van der Waals surface area contributed by atoms with E-state index in [0.29, 0.717) is 6.04 Å². The minimum absolute atomic E-state index is 0.312. The van der Waals surface area contributed by atoms with Crippen LogP contribution >= 0.6 is 15.9 Å². The van der Waals surface area contributed by atoms with Crippen molar-refractivity contribution in [2.45, 2.75) is 12.5 Å². The van der Waals surface area contributed by atoms with Gasteiger partial charge in [0.05, 0.1) is 11.7 Å². The van der Waals surface area contributed by atoms with E-state index in [0.717, 1.165) is 16.6 Å². The van der Waals surface area contributed by atoms with Gasteiger partial charge in [0.15, 0.2) is 0 Å². The Kier molecular flexibility index (Phi) is 3.15. The average Bonchev–Trinajstić information content (AvgIpc) is 2.90. The smallest absolute Gasteiger partial charge is 0.0825 e. The Labute approximate surface area is 115 Å². The number of anilines is 1. The Morgan fingerprint density at radius 1 is 1.00 bits per heavy atom. The van der Waals surface area contributed by atoms with Gasteiger partial charge in [0, 0.05) is 17.1 Å². The van der Waals surface area contributed by atoms with Crippen LogP contribution in [0.3, 0.4) is 0 Å². The molecular formula is C15H13BrN2. The van der Waals surface area contributed by atoms with Crippen LogP contribution in [-0.4, -0.2) is 6.21 Å². The van der Waals surface area contributed by atoms with Crippen molar-refractivity contribution in [1.29, 1.82) is 0 Å². The van der Waals surface area contributed by atoms with Crippen molar-refractivity contribution in [1.82, 2.24) is 0 Å². The lowest BCUT2D eigenvalue weighted by Gasteiger charge is -2.24. The van der Waals surface area contributed by atoms with E-state index < -0.39 is 0 Å². The Morgan fingerprint density at radius 2 is 1.72 bits per heavy atom. The number of rotatable bonds is 2. The van der Waals surface area contributed by atoms with Crippen molar-refractivity contribution in [2.24, 2.45) is 5.10 Å². The molecule has 0 bridgehead atoms. The van der Waals surface area contributed by atoms with E-state index in [1.54, 1.807) is 0 Å². The summed E-state index contributed by atoms with van der Waals surface area (Å²) in [6.07, 6.45) is 2.94. The van der Waals surface area contributed by atoms with Crippen LogP contribution in [0.4, 0.5) is 5.69 Å². The standard InChI is InChI=1S/C15H13BrN2/c16-13-6-8-14(9-7-13)18-15(10-11-17-18)12-4-2-1-3-5-12/h1-9,11,15H,10H2/t15-/m0/s1. The van der Waals surface area contributed by atoms with E-state index in [1.165, 1.54) is 5.56 Å². The predicted octanol–water partition coefficient (Wildman–Crippen LogP) is 4.39. The fourth-order valence-electron chi connectivity index (χ4n) is 2.21. The molecule has 3 rings (SSSR count). The van der Waals surface area contributed by atoms with Gasteiger partial charge in [0.2, 0.25) is 0 Å². The summed E-state index contributed by atoms with van der Waals surface area (Å²) >= 11 is 3.46. The fraction of sp³-hybridized carbons (Fsp3) is 0.133. The molecule has 0 spiro atoms. The normalized spacial score (nSPS) is 18.3. The predicted molar refractivity (Wildman–Crippen MR) is 78.9 cm³/mol. The molecule has 0 fully saturated rings. The van der Waals surface area contributed by atoms with Gasteiger partial charge in [0.1, 0.15) is 0 Å². The summed E-state index contributed by atoms with van der Waals surface area (Å²) in [5.41, 5.74) is 2.43. The van der Waals surface area contributed by atoms with Gasteiger partial charge in [-0.3, -0.25) is 5.01 Å². The number of benzene rings is 2. The molecule has 1 atom stereocenters. The molecule has 2 aromatic rings. The minimum atomic E-state index is 0.312. The number of halogens is 1. The third kappa shape index (κ3) is 2.18. The topological polar surface area (TPSA) is 15.6 Å². The molecule has 0 saturated heterocycles. The SMILES string of the molecule is Brc1ccc(N2N=CC[C@H]2c2ccccc2)cc1. The lowest BCUT2D eigenvalue weighted by molar-refractivity contribution is 0.709. The molecule has 0 radical (unpaired) electrons. The Bertz CT molecular complexity index is 548. The van der Waals surface area contributed by atoms with Crippen LogP contribution in [0.5, 0.6) is 0 Å². The van der Waals surface area contributed by atoms with Crippen molar-refractivity contribution < 1.29 is 0 Å². The van der Waals surface area contributed by atoms with Gasteiger partial charge in [-0.2, -0.15) is 5.10 Å². The van der Waals surface area contributed by atoms with Crippen LogP contribution in [0.25, 0.3) is 0 Å². The molecule has 90 valence electrons. The van der Waals surface area contributed by atoms with Crippen LogP contribution in [-0.2, 0) is 0 Å². The maximum absolute atomic E-state index is 4.49. The summed E-state index contributed by atoms with van der Waals surface area (Å²) in [5, 5.41) is 6.57. The largest absolute Gasteiger partial charge is 0.258 e. The van der Waals surface area contributed by atoms with Crippen molar-refractivity contribution in [3.63, 3.8) is 0 Å². The van der Waals surface area contributed by atoms with Gasteiger partial charge < -0.3 is 0 Å². The molecule has 2 aromatic carbocycles. The molecular weight excluding hydrogens is 288 g/mol. The van der Waals surface area contributed by atoms with Crippen molar-refractivity contribution in [3.05, 3.63) is 64.6 Å². The highest BCUT2D eigenvalue weighted by Crippen LogP contribution is 2.33. The van der Waals surface area contributed by atoms with Crippen LogP contribution in [0.15, 0.2) is 64.2 Å². The molecule has 1 aliphatic rings. The summed E-state index contributed by atoms with van der Waals surface area (Å²) in [5.74, 6) is 0. The number of nitrogens with zero attached hydrogens (tertiary/aromatic N) is 2. The zero-order chi connectivity index (χ0) is 12.4. The molecule has 3 heteroatoms. The Hall–Kier alpha value is -1.61.